The first kappa shape index (κ1) is 33.7. The van der Waals surface area contributed by atoms with E-state index in [0.29, 0.717) is 40.9 Å². The molecule has 2 aliphatic heterocycles. The summed E-state index contributed by atoms with van der Waals surface area (Å²) in [6.07, 6.45) is 3.75. The normalized spacial score (nSPS) is 15.8. The van der Waals surface area contributed by atoms with Crippen molar-refractivity contribution in [2.45, 2.75) is 52.6 Å². The fraction of sp³-hybridized carbons (Fsp3) is 0.621. The number of benzene rings is 1. The molecule has 0 spiro atoms. The zero-order valence-corrected chi connectivity index (χ0v) is 25.3. The van der Waals surface area contributed by atoms with Crippen molar-refractivity contribution in [3.8, 4) is 17.1 Å². The molecule has 0 bridgehead atoms. The van der Waals surface area contributed by atoms with Gasteiger partial charge < -0.3 is 35.3 Å². The highest BCUT2D eigenvalue weighted by molar-refractivity contribution is 6.31. The van der Waals surface area contributed by atoms with Crippen molar-refractivity contribution in [3.63, 3.8) is 0 Å². The van der Waals surface area contributed by atoms with Gasteiger partial charge in [0.15, 0.2) is 5.82 Å². The first-order valence-electron chi connectivity index (χ1n) is 14.1. The number of ether oxygens (including phenoxy) is 3. The summed E-state index contributed by atoms with van der Waals surface area (Å²) in [6.45, 7) is 10.3. The van der Waals surface area contributed by atoms with Gasteiger partial charge >= 0.3 is 0 Å². The average molecular weight is 580 g/mol. The van der Waals surface area contributed by atoms with Crippen molar-refractivity contribution < 1.29 is 24.1 Å². The molecule has 10 nitrogen and oxygen atoms in total. The number of carbonyl (C=O) groups excluding carboxylic acids is 1. The second-order valence-corrected chi connectivity index (χ2v) is 10.1. The molecule has 4 N–H and O–H groups in total. The Morgan fingerprint density at radius 1 is 1.18 bits per heavy atom. The molecule has 1 atom stereocenters. The maximum Gasteiger partial charge on any atom is 0.272 e. The highest BCUT2D eigenvalue weighted by atomic mass is 35.5. The largest absolute Gasteiger partial charge is 0.491 e. The minimum absolute atomic E-state index is 0.0955. The molecule has 1 unspecified atom stereocenters. The third-order valence-corrected chi connectivity index (χ3v) is 6.66. The molecular formula is C29H46ClN5O5. The van der Waals surface area contributed by atoms with Gasteiger partial charge in [-0.1, -0.05) is 25.4 Å². The van der Waals surface area contributed by atoms with Crippen LogP contribution in [-0.2, 0) is 9.47 Å². The van der Waals surface area contributed by atoms with Gasteiger partial charge in [-0.25, -0.2) is 9.97 Å². The van der Waals surface area contributed by atoms with Crippen molar-refractivity contribution >= 4 is 23.3 Å². The maximum absolute atomic E-state index is 13.2. The van der Waals surface area contributed by atoms with Crippen LogP contribution < -0.4 is 15.8 Å². The van der Waals surface area contributed by atoms with Crippen LogP contribution in [0.4, 0.5) is 5.82 Å². The van der Waals surface area contributed by atoms with E-state index in [-0.39, 0.29) is 29.9 Å². The first-order valence-corrected chi connectivity index (χ1v) is 14.5. The number of likely N-dealkylation sites (N-methyl/N-ethyl adjacent to an activating group) is 1. The minimum Gasteiger partial charge on any atom is -0.491 e. The van der Waals surface area contributed by atoms with Gasteiger partial charge in [-0.3, -0.25) is 4.79 Å². The number of halogens is 1. The molecule has 0 saturated carbocycles. The third-order valence-electron chi connectivity index (χ3n) is 6.44. The van der Waals surface area contributed by atoms with Crippen LogP contribution in [0, 0.1) is 12.8 Å². The van der Waals surface area contributed by atoms with Gasteiger partial charge in [-0.15, -0.1) is 0 Å². The topological polar surface area (TPSA) is 132 Å². The molecule has 2 fully saturated rings. The predicted octanol–water partition coefficient (Wildman–Crippen LogP) is 3.97. The zero-order valence-electron chi connectivity index (χ0n) is 24.5. The highest BCUT2D eigenvalue weighted by Crippen LogP contribution is 2.29. The lowest BCUT2D eigenvalue weighted by atomic mass is 9.99. The first-order chi connectivity index (χ1) is 19.3. The molecule has 1 aromatic carbocycles. The molecular weight excluding hydrogens is 534 g/mol. The van der Waals surface area contributed by atoms with E-state index in [1.165, 1.54) is 12.8 Å². The van der Waals surface area contributed by atoms with Crippen LogP contribution in [0.2, 0.25) is 5.02 Å². The summed E-state index contributed by atoms with van der Waals surface area (Å²) >= 11 is 6.28. The van der Waals surface area contributed by atoms with E-state index in [0.717, 1.165) is 39.3 Å². The summed E-state index contributed by atoms with van der Waals surface area (Å²) in [5.41, 5.74) is 7.51. The summed E-state index contributed by atoms with van der Waals surface area (Å²) in [6, 6.07) is 5.03. The molecule has 1 aromatic heterocycles. The van der Waals surface area contributed by atoms with E-state index in [2.05, 4.69) is 15.3 Å². The lowest BCUT2D eigenvalue weighted by Gasteiger charge is -2.27. The standard InChI is InChI=1S/C23H32ClN5O4.C4H8O.C2H6/c1-14-20(23(31)29(3)12-15-4-6-32-7-5-15)27-22(28-21(14)25)16-8-17(24)10-19(9-16)33-13-18(30)11-26-2;1-2-4-5-3-1;1-2/h8-10,15,18,26,30H,4-7,11-13H2,1-3H3,(H2,25,27,28);1-4H2;1-2H3. The summed E-state index contributed by atoms with van der Waals surface area (Å²) in [5, 5.41) is 13.2. The van der Waals surface area contributed by atoms with Gasteiger partial charge in [-0.2, -0.15) is 0 Å². The van der Waals surface area contributed by atoms with Gasteiger partial charge in [0.25, 0.3) is 5.91 Å². The third kappa shape index (κ3) is 10.8. The number of hydrogen-bond donors (Lipinski definition) is 3. The van der Waals surface area contributed by atoms with E-state index in [9.17, 15) is 9.90 Å². The molecule has 2 aliphatic rings. The van der Waals surface area contributed by atoms with Crippen LogP contribution in [0.5, 0.6) is 5.75 Å². The monoisotopic (exact) mass is 579 g/mol. The van der Waals surface area contributed by atoms with Crippen molar-refractivity contribution in [3.05, 3.63) is 34.5 Å². The lowest BCUT2D eigenvalue weighted by molar-refractivity contribution is 0.0495. The van der Waals surface area contributed by atoms with Crippen molar-refractivity contribution in [1.82, 2.24) is 20.2 Å². The summed E-state index contributed by atoms with van der Waals surface area (Å²) < 4.78 is 16.0. The predicted molar refractivity (Wildman–Crippen MR) is 159 cm³/mol. The van der Waals surface area contributed by atoms with Gasteiger partial charge in [0.05, 0.1) is 0 Å². The Balaban J connectivity index is 0.000000706. The van der Waals surface area contributed by atoms with E-state index in [1.54, 1.807) is 44.1 Å². The highest BCUT2D eigenvalue weighted by Gasteiger charge is 2.24. The number of hydrogen-bond acceptors (Lipinski definition) is 9. The van der Waals surface area contributed by atoms with E-state index in [1.807, 2.05) is 13.8 Å². The molecule has 224 valence electrons. The van der Waals surface area contributed by atoms with Gasteiger partial charge in [0.2, 0.25) is 0 Å². The Labute approximate surface area is 243 Å². The van der Waals surface area contributed by atoms with Crippen LogP contribution in [0.3, 0.4) is 0 Å². The number of aliphatic hydroxyl groups is 1. The van der Waals surface area contributed by atoms with Crippen LogP contribution >= 0.6 is 11.6 Å². The Morgan fingerprint density at radius 3 is 2.42 bits per heavy atom. The van der Waals surface area contributed by atoms with Crippen LogP contribution in [0.15, 0.2) is 18.2 Å². The van der Waals surface area contributed by atoms with Crippen LogP contribution in [0.25, 0.3) is 11.4 Å². The maximum atomic E-state index is 13.2. The molecule has 40 heavy (non-hydrogen) atoms. The summed E-state index contributed by atoms with van der Waals surface area (Å²) in [7, 11) is 3.52. The number of nitrogens with two attached hydrogens (primary N) is 1. The molecule has 4 rings (SSSR count). The van der Waals surface area contributed by atoms with Crippen molar-refractivity contribution in [2.75, 3.05) is 66.0 Å². The number of nitrogens with one attached hydrogen (secondary N) is 1. The molecule has 0 radical (unpaired) electrons. The quantitative estimate of drug-likeness (QED) is 0.403. The van der Waals surface area contributed by atoms with E-state index in [4.69, 9.17) is 31.5 Å². The molecule has 1 amide bonds. The average Bonchev–Trinajstić information content (AvgIpc) is 3.55. The minimum atomic E-state index is -0.667. The second kappa shape index (κ2) is 18.0. The second-order valence-electron chi connectivity index (χ2n) is 9.67. The van der Waals surface area contributed by atoms with Gasteiger partial charge in [-0.05, 0) is 63.8 Å². The number of aromatic nitrogens is 2. The van der Waals surface area contributed by atoms with Crippen molar-refractivity contribution in [2.24, 2.45) is 5.92 Å². The SMILES string of the molecule is C1CCOC1.CC.CNCC(O)COc1cc(Cl)cc(-c2nc(N)c(C)c(C(=O)N(C)CC3CCOCC3)n2)c1. The molecule has 2 saturated heterocycles. The van der Waals surface area contributed by atoms with Gasteiger partial charge in [0, 0.05) is 62.7 Å². The Kier molecular flexibility index (Phi) is 15.2. The smallest absolute Gasteiger partial charge is 0.272 e. The van der Waals surface area contributed by atoms with Crippen LogP contribution in [-0.4, -0.2) is 92.2 Å². The Morgan fingerprint density at radius 2 is 1.82 bits per heavy atom. The fourth-order valence-corrected chi connectivity index (χ4v) is 4.45. The number of nitrogen functional groups attached to an aromatic ring is 1. The van der Waals surface area contributed by atoms with E-state index < -0.39 is 6.10 Å². The molecule has 3 heterocycles. The summed E-state index contributed by atoms with van der Waals surface area (Å²) in [4.78, 5) is 23.8. The van der Waals surface area contributed by atoms with Crippen molar-refractivity contribution in [1.29, 1.82) is 0 Å². The molecule has 11 heteroatoms. The Bertz CT molecular complexity index is 1040. The van der Waals surface area contributed by atoms with Crippen LogP contribution in [0.1, 0.15) is 55.6 Å². The van der Waals surface area contributed by atoms with E-state index >= 15 is 0 Å². The van der Waals surface area contributed by atoms with Gasteiger partial charge in [0.1, 0.15) is 30.0 Å². The fourth-order valence-electron chi connectivity index (χ4n) is 4.22. The zero-order chi connectivity index (χ0) is 29.5. The number of anilines is 1. The number of rotatable bonds is 9. The lowest BCUT2D eigenvalue weighted by Crippen LogP contribution is -2.35. The number of nitrogens with zero attached hydrogens (tertiary/aromatic N) is 3. The molecule has 0 aliphatic carbocycles. The molecule has 2 aromatic rings. The number of amides is 1. The Hall–Kier alpha value is -2.50. The summed E-state index contributed by atoms with van der Waals surface area (Å²) in [5.74, 6) is 1.17. The number of carbonyl (C=O) groups is 1. The number of aliphatic hydroxyl groups excluding tert-OH is 1.